The fourth-order valence-corrected chi connectivity index (χ4v) is 3.68. The number of hydrogen-bond acceptors (Lipinski definition) is 5. The predicted octanol–water partition coefficient (Wildman–Crippen LogP) is 3.59. The zero-order valence-corrected chi connectivity index (χ0v) is 18.9. The van der Waals surface area contributed by atoms with Crippen LogP contribution in [0.15, 0.2) is 66.0 Å². The van der Waals surface area contributed by atoms with Crippen LogP contribution in [0.3, 0.4) is 0 Å². The van der Waals surface area contributed by atoms with Crippen molar-refractivity contribution in [1.29, 1.82) is 0 Å². The minimum Gasteiger partial charge on any atom is -0.366 e. The Labute approximate surface area is 195 Å². The summed E-state index contributed by atoms with van der Waals surface area (Å²) in [6, 6.07) is 16.5. The summed E-state index contributed by atoms with van der Waals surface area (Å²) in [5.41, 5.74) is 7.16. The minimum atomic E-state index is -0.539. The number of nitrogens with two attached hydrogens (primary N) is 1. The highest BCUT2D eigenvalue weighted by Gasteiger charge is 2.16. The van der Waals surface area contributed by atoms with Crippen LogP contribution in [-0.4, -0.2) is 41.6 Å². The van der Waals surface area contributed by atoms with Crippen LogP contribution in [0.2, 0.25) is 0 Å². The molecular weight excluding hydrogens is 440 g/mol. The molecule has 0 bridgehead atoms. The molecule has 33 heavy (non-hydrogen) atoms. The second kappa shape index (κ2) is 11.1. The zero-order chi connectivity index (χ0) is 23.8. The van der Waals surface area contributed by atoms with Crippen molar-refractivity contribution in [2.45, 2.75) is 13.3 Å². The Bertz CT molecular complexity index is 1130. The number of rotatable bonds is 9. The molecular formula is C24H24N4O4S. The molecule has 0 aliphatic rings. The fourth-order valence-electron chi connectivity index (χ4n) is 3.06. The Morgan fingerprint density at radius 3 is 2.03 bits per heavy atom. The molecule has 2 aromatic carbocycles. The molecule has 0 atom stereocenters. The molecule has 1 aromatic heterocycles. The molecule has 1 heterocycles. The van der Waals surface area contributed by atoms with E-state index >= 15 is 0 Å². The van der Waals surface area contributed by atoms with Crippen LogP contribution >= 0.6 is 11.3 Å². The van der Waals surface area contributed by atoms with Gasteiger partial charge in [-0.05, 0) is 66.9 Å². The van der Waals surface area contributed by atoms with E-state index in [0.29, 0.717) is 33.9 Å². The van der Waals surface area contributed by atoms with Crippen molar-refractivity contribution >= 4 is 46.3 Å². The SMILES string of the molecule is CCN(CCC(=O)Nc1ccc(C(N)=O)cc1)C(=O)c1ccc(NC(=O)c2cccs2)cc1. The number of hydrogen-bond donors (Lipinski definition) is 3. The van der Waals surface area contributed by atoms with Crippen LogP contribution < -0.4 is 16.4 Å². The van der Waals surface area contributed by atoms with Gasteiger partial charge in [0.05, 0.1) is 4.88 Å². The van der Waals surface area contributed by atoms with Gasteiger partial charge in [0.2, 0.25) is 11.8 Å². The van der Waals surface area contributed by atoms with Crippen molar-refractivity contribution in [2.24, 2.45) is 5.73 Å². The van der Waals surface area contributed by atoms with Crippen molar-refractivity contribution in [3.05, 3.63) is 82.0 Å². The molecule has 8 nitrogen and oxygen atoms in total. The molecule has 0 fully saturated rings. The van der Waals surface area contributed by atoms with Crippen molar-refractivity contribution in [1.82, 2.24) is 4.90 Å². The summed E-state index contributed by atoms with van der Waals surface area (Å²) in [5, 5.41) is 7.36. The lowest BCUT2D eigenvalue weighted by Crippen LogP contribution is -2.33. The number of amides is 4. The first kappa shape index (κ1) is 23.7. The number of nitrogens with one attached hydrogen (secondary N) is 2. The van der Waals surface area contributed by atoms with Gasteiger partial charge in [-0.1, -0.05) is 6.07 Å². The standard InChI is InChI=1S/C24H24N4O4S/c1-2-28(14-13-21(29)26-18-9-5-16(6-10-18)22(25)30)24(32)17-7-11-19(12-8-17)27-23(31)20-4-3-15-33-20/h3-12,15H,2,13-14H2,1H3,(H2,25,30)(H,26,29)(H,27,31). The second-order valence-electron chi connectivity index (χ2n) is 7.13. The average molecular weight is 465 g/mol. The number of thiophene rings is 1. The molecule has 3 aromatic rings. The number of anilines is 2. The van der Waals surface area contributed by atoms with Crippen LogP contribution in [0.25, 0.3) is 0 Å². The van der Waals surface area contributed by atoms with Gasteiger partial charge in [-0.15, -0.1) is 11.3 Å². The maximum Gasteiger partial charge on any atom is 0.265 e. The lowest BCUT2D eigenvalue weighted by atomic mass is 10.1. The first-order chi connectivity index (χ1) is 15.9. The smallest absolute Gasteiger partial charge is 0.265 e. The minimum absolute atomic E-state index is 0.117. The highest BCUT2D eigenvalue weighted by atomic mass is 32.1. The summed E-state index contributed by atoms with van der Waals surface area (Å²) in [4.78, 5) is 50.6. The van der Waals surface area contributed by atoms with Gasteiger partial charge < -0.3 is 21.3 Å². The zero-order valence-electron chi connectivity index (χ0n) is 18.0. The second-order valence-corrected chi connectivity index (χ2v) is 8.08. The number of carbonyl (C=O) groups excluding carboxylic acids is 4. The molecule has 4 N–H and O–H groups in total. The summed E-state index contributed by atoms with van der Waals surface area (Å²) in [6.45, 7) is 2.53. The van der Waals surface area contributed by atoms with Crippen LogP contribution in [0.4, 0.5) is 11.4 Å². The summed E-state index contributed by atoms with van der Waals surface area (Å²) in [5.74, 6) is -1.19. The van der Waals surface area contributed by atoms with Gasteiger partial charge in [0.25, 0.3) is 11.8 Å². The molecule has 170 valence electrons. The van der Waals surface area contributed by atoms with Gasteiger partial charge in [-0.2, -0.15) is 0 Å². The third-order valence-corrected chi connectivity index (χ3v) is 5.73. The summed E-state index contributed by atoms with van der Waals surface area (Å²) in [6.07, 6.45) is 0.117. The van der Waals surface area contributed by atoms with E-state index in [4.69, 9.17) is 5.73 Å². The third-order valence-electron chi connectivity index (χ3n) is 4.87. The van der Waals surface area contributed by atoms with E-state index < -0.39 is 5.91 Å². The highest BCUT2D eigenvalue weighted by molar-refractivity contribution is 7.12. The molecule has 9 heteroatoms. The van der Waals surface area contributed by atoms with Gasteiger partial charge in [0.1, 0.15) is 0 Å². The van der Waals surface area contributed by atoms with Gasteiger partial charge in [0, 0.05) is 42.0 Å². The fraction of sp³-hybridized carbons (Fsp3) is 0.167. The van der Waals surface area contributed by atoms with Crippen LogP contribution in [-0.2, 0) is 4.79 Å². The quantitative estimate of drug-likeness (QED) is 0.448. The van der Waals surface area contributed by atoms with E-state index in [9.17, 15) is 19.2 Å². The average Bonchev–Trinajstić information content (AvgIpc) is 3.35. The molecule has 0 aliphatic carbocycles. The van der Waals surface area contributed by atoms with Crippen molar-refractivity contribution < 1.29 is 19.2 Å². The maximum absolute atomic E-state index is 12.8. The van der Waals surface area contributed by atoms with E-state index in [1.54, 1.807) is 53.4 Å². The van der Waals surface area contributed by atoms with E-state index in [1.165, 1.54) is 23.5 Å². The Hall–Kier alpha value is -3.98. The number of carbonyl (C=O) groups is 4. The summed E-state index contributed by atoms with van der Waals surface area (Å²) >= 11 is 1.35. The Morgan fingerprint density at radius 2 is 1.48 bits per heavy atom. The maximum atomic E-state index is 12.8. The Balaban J connectivity index is 1.53. The van der Waals surface area contributed by atoms with Crippen LogP contribution in [0, 0.1) is 0 Å². The first-order valence-corrected chi connectivity index (χ1v) is 11.2. The lowest BCUT2D eigenvalue weighted by Gasteiger charge is -2.21. The van der Waals surface area contributed by atoms with Crippen LogP contribution in [0.1, 0.15) is 43.7 Å². The normalized spacial score (nSPS) is 10.3. The Kier molecular flexibility index (Phi) is 7.93. The van der Waals surface area contributed by atoms with Gasteiger partial charge in [0.15, 0.2) is 0 Å². The monoisotopic (exact) mass is 464 g/mol. The largest absolute Gasteiger partial charge is 0.366 e. The predicted molar refractivity (Wildman–Crippen MR) is 128 cm³/mol. The molecule has 4 amide bonds. The van der Waals surface area contributed by atoms with Crippen molar-refractivity contribution in [2.75, 3.05) is 23.7 Å². The van der Waals surface area contributed by atoms with Gasteiger partial charge in [-0.3, -0.25) is 19.2 Å². The molecule has 0 saturated carbocycles. The molecule has 0 saturated heterocycles. The summed E-state index contributed by atoms with van der Waals surface area (Å²) in [7, 11) is 0. The number of benzene rings is 2. The van der Waals surface area contributed by atoms with Gasteiger partial charge in [-0.25, -0.2) is 0 Å². The number of nitrogens with zero attached hydrogens (tertiary/aromatic N) is 1. The van der Waals surface area contributed by atoms with E-state index in [-0.39, 0.29) is 30.7 Å². The van der Waals surface area contributed by atoms with E-state index in [1.807, 2.05) is 12.3 Å². The number of primary amides is 1. The topological polar surface area (TPSA) is 122 Å². The molecule has 0 radical (unpaired) electrons. The first-order valence-electron chi connectivity index (χ1n) is 10.3. The van der Waals surface area contributed by atoms with Crippen LogP contribution in [0.5, 0.6) is 0 Å². The highest BCUT2D eigenvalue weighted by Crippen LogP contribution is 2.16. The molecule has 0 unspecified atom stereocenters. The molecule has 0 aliphatic heterocycles. The third kappa shape index (κ3) is 6.50. The van der Waals surface area contributed by atoms with Crippen molar-refractivity contribution in [3.63, 3.8) is 0 Å². The lowest BCUT2D eigenvalue weighted by molar-refractivity contribution is -0.116. The van der Waals surface area contributed by atoms with E-state index in [2.05, 4.69) is 10.6 Å². The van der Waals surface area contributed by atoms with Crippen molar-refractivity contribution in [3.8, 4) is 0 Å². The summed E-state index contributed by atoms with van der Waals surface area (Å²) < 4.78 is 0. The Morgan fingerprint density at radius 1 is 0.879 bits per heavy atom. The van der Waals surface area contributed by atoms with E-state index in [0.717, 1.165) is 0 Å². The molecule has 3 rings (SSSR count). The van der Waals surface area contributed by atoms with Gasteiger partial charge >= 0.3 is 0 Å². The molecule has 0 spiro atoms.